The van der Waals surface area contributed by atoms with Gasteiger partial charge < -0.3 is 24.8 Å². The van der Waals surface area contributed by atoms with Crippen LogP contribution in [0.5, 0.6) is 5.75 Å². The van der Waals surface area contributed by atoms with Gasteiger partial charge in [-0.25, -0.2) is 9.18 Å². The van der Waals surface area contributed by atoms with Crippen LogP contribution >= 0.6 is 23.2 Å². The molecule has 2 saturated heterocycles. The fraction of sp³-hybridized carbons (Fsp3) is 0.567. The number of carbonyl (C=O) groups is 2. The average molecular weight is 609 g/mol. The van der Waals surface area contributed by atoms with Crippen molar-refractivity contribution in [3.8, 4) is 5.75 Å². The molecule has 0 saturated carbocycles. The molecule has 0 bridgehead atoms. The van der Waals surface area contributed by atoms with Crippen LogP contribution in [-0.2, 0) is 11.2 Å². The maximum absolute atomic E-state index is 14.1. The monoisotopic (exact) mass is 607 g/mol. The highest BCUT2D eigenvalue weighted by atomic mass is 35.5. The van der Waals surface area contributed by atoms with Crippen molar-refractivity contribution in [2.24, 2.45) is 0 Å². The molecule has 1 aromatic carbocycles. The number of benzene rings is 1. The maximum Gasteiger partial charge on any atom is 0.318 e. The smallest absolute Gasteiger partial charge is 0.318 e. The van der Waals surface area contributed by atoms with Gasteiger partial charge >= 0.3 is 6.03 Å². The van der Waals surface area contributed by atoms with Gasteiger partial charge in [-0.15, -0.1) is 0 Å². The molecule has 2 aromatic rings. The Morgan fingerprint density at radius 2 is 1.83 bits per heavy atom. The number of ether oxygens (including phenoxy) is 1. The van der Waals surface area contributed by atoms with Crippen LogP contribution < -0.4 is 10.1 Å². The number of halogens is 3. The number of aromatic nitrogens is 1. The SMILES string of the molecule is CC[C@H](COc1cc(F)cnc1C1CCN(C(=O)[C@@H](Cc2ccc(Cl)cc2Cl)NC(=O)N2CCCC2)CC1)N(C)C. The number of carbonyl (C=O) groups excluding carboxylic acids is 2. The van der Waals surface area contributed by atoms with Crippen molar-refractivity contribution in [1.29, 1.82) is 0 Å². The third kappa shape index (κ3) is 8.23. The summed E-state index contributed by atoms with van der Waals surface area (Å²) >= 11 is 12.5. The Morgan fingerprint density at radius 3 is 2.46 bits per heavy atom. The summed E-state index contributed by atoms with van der Waals surface area (Å²) in [5, 5.41) is 3.94. The zero-order chi connectivity index (χ0) is 29.5. The van der Waals surface area contributed by atoms with Gasteiger partial charge in [0, 0.05) is 60.7 Å². The third-order valence-electron chi connectivity index (χ3n) is 8.10. The third-order valence-corrected chi connectivity index (χ3v) is 8.69. The Balaban J connectivity index is 1.45. The van der Waals surface area contributed by atoms with E-state index < -0.39 is 11.9 Å². The van der Waals surface area contributed by atoms with Crippen LogP contribution in [-0.4, -0.2) is 90.6 Å². The topological polar surface area (TPSA) is 78.0 Å². The second kappa shape index (κ2) is 14.5. The molecule has 1 aromatic heterocycles. The number of nitrogens with one attached hydrogen (secondary N) is 1. The first-order valence-electron chi connectivity index (χ1n) is 14.4. The lowest BCUT2D eigenvalue weighted by Gasteiger charge is -2.35. The first-order valence-corrected chi connectivity index (χ1v) is 15.1. The summed E-state index contributed by atoms with van der Waals surface area (Å²) in [5.41, 5.74) is 1.46. The molecule has 2 aliphatic rings. The molecule has 0 radical (unpaired) electrons. The van der Waals surface area contributed by atoms with E-state index in [1.54, 1.807) is 28.0 Å². The van der Waals surface area contributed by atoms with E-state index in [1.165, 1.54) is 12.3 Å². The lowest BCUT2D eigenvalue weighted by molar-refractivity contribution is -0.134. The first kappa shape index (κ1) is 31.3. The van der Waals surface area contributed by atoms with Gasteiger partial charge in [0.2, 0.25) is 5.91 Å². The molecule has 4 rings (SSSR count). The van der Waals surface area contributed by atoms with Gasteiger partial charge in [-0.05, 0) is 63.9 Å². The van der Waals surface area contributed by atoms with E-state index >= 15 is 0 Å². The summed E-state index contributed by atoms with van der Waals surface area (Å²) in [5.74, 6) is -0.102. The number of hydrogen-bond acceptors (Lipinski definition) is 5. The Labute approximate surface area is 252 Å². The maximum atomic E-state index is 14.1. The quantitative estimate of drug-likeness (QED) is 0.393. The number of pyridine rings is 1. The van der Waals surface area contributed by atoms with Crippen LogP contribution in [0.15, 0.2) is 30.5 Å². The van der Waals surface area contributed by atoms with Gasteiger partial charge in [0.1, 0.15) is 24.2 Å². The summed E-state index contributed by atoms with van der Waals surface area (Å²) in [6, 6.07) is 5.77. The number of likely N-dealkylation sites (tertiary alicyclic amines) is 2. The van der Waals surface area contributed by atoms with Gasteiger partial charge in [0.25, 0.3) is 0 Å². The molecule has 8 nitrogen and oxygen atoms in total. The Hall–Kier alpha value is -2.62. The molecule has 0 unspecified atom stereocenters. The van der Waals surface area contributed by atoms with Gasteiger partial charge in [-0.2, -0.15) is 0 Å². The molecule has 0 spiro atoms. The van der Waals surface area contributed by atoms with Gasteiger partial charge in [0.15, 0.2) is 0 Å². The highest BCUT2D eigenvalue weighted by Gasteiger charge is 2.33. The van der Waals surface area contributed by atoms with Crippen LogP contribution in [0, 0.1) is 5.82 Å². The van der Waals surface area contributed by atoms with Gasteiger partial charge in [0.05, 0.1) is 11.9 Å². The minimum absolute atomic E-state index is 0.0254. The van der Waals surface area contributed by atoms with Crippen LogP contribution in [0.1, 0.15) is 56.2 Å². The van der Waals surface area contributed by atoms with Crippen molar-refractivity contribution >= 4 is 35.1 Å². The number of amides is 3. The molecule has 2 atom stereocenters. The lowest BCUT2D eigenvalue weighted by Crippen LogP contribution is -2.54. The Bertz CT molecular complexity index is 1200. The fourth-order valence-corrected chi connectivity index (χ4v) is 6.02. The average Bonchev–Trinajstić information content (AvgIpc) is 3.49. The second-order valence-corrected chi connectivity index (χ2v) is 12.0. The molecule has 11 heteroatoms. The van der Waals surface area contributed by atoms with E-state index in [-0.39, 0.29) is 30.3 Å². The normalized spacial score (nSPS) is 17.5. The molecule has 41 heavy (non-hydrogen) atoms. The summed E-state index contributed by atoms with van der Waals surface area (Å²) in [4.78, 5) is 36.8. The van der Waals surface area contributed by atoms with Crippen LogP contribution in [0.4, 0.5) is 9.18 Å². The van der Waals surface area contributed by atoms with Crippen molar-refractivity contribution in [3.63, 3.8) is 0 Å². The van der Waals surface area contributed by atoms with E-state index in [4.69, 9.17) is 27.9 Å². The molecular weight excluding hydrogens is 568 g/mol. The molecule has 224 valence electrons. The van der Waals surface area contributed by atoms with Crippen molar-refractivity contribution in [2.75, 3.05) is 46.9 Å². The van der Waals surface area contributed by atoms with Crippen molar-refractivity contribution in [2.45, 2.75) is 63.5 Å². The minimum Gasteiger partial charge on any atom is -0.490 e. The molecule has 2 fully saturated rings. The zero-order valence-corrected chi connectivity index (χ0v) is 25.6. The molecule has 0 aliphatic carbocycles. The van der Waals surface area contributed by atoms with Gasteiger partial charge in [-0.3, -0.25) is 9.78 Å². The largest absolute Gasteiger partial charge is 0.490 e. The first-order chi connectivity index (χ1) is 19.7. The van der Waals surface area contributed by atoms with E-state index in [0.717, 1.165) is 30.5 Å². The molecule has 1 N–H and O–H groups in total. The van der Waals surface area contributed by atoms with Crippen LogP contribution in [0.25, 0.3) is 0 Å². The minimum atomic E-state index is -0.766. The van der Waals surface area contributed by atoms with E-state index in [9.17, 15) is 14.0 Å². The summed E-state index contributed by atoms with van der Waals surface area (Å²) in [6.45, 7) is 4.87. The summed E-state index contributed by atoms with van der Waals surface area (Å²) in [7, 11) is 3.99. The number of urea groups is 1. The molecular formula is C30H40Cl2FN5O3. The summed E-state index contributed by atoms with van der Waals surface area (Å²) in [6.07, 6.45) is 5.61. The molecule has 3 amide bonds. The highest BCUT2D eigenvalue weighted by Crippen LogP contribution is 2.34. The highest BCUT2D eigenvalue weighted by molar-refractivity contribution is 6.35. The fourth-order valence-electron chi connectivity index (χ4n) is 5.53. The van der Waals surface area contributed by atoms with Crippen LogP contribution in [0.3, 0.4) is 0 Å². The van der Waals surface area contributed by atoms with Crippen molar-refractivity contribution in [3.05, 3.63) is 57.6 Å². The van der Waals surface area contributed by atoms with E-state index in [2.05, 4.69) is 22.1 Å². The van der Waals surface area contributed by atoms with E-state index in [1.807, 2.05) is 14.1 Å². The lowest BCUT2D eigenvalue weighted by atomic mass is 9.91. The van der Waals surface area contributed by atoms with Crippen LogP contribution in [0.2, 0.25) is 10.0 Å². The Morgan fingerprint density at radius 1 is 1.12 bits per heavy atom. The van der Waals surface area contributed by atoms with Crippen molar-refractivity contribution < 1.29 is 18.7 Å². The second-order valence-electron chi connectivity index (χ2n) is 11.1. The molecule has 3 heterocycles. The number of nitrogens with zero attached hydrogens (tertiary/aromatic N) is 4. The predicted molar refractivity (Wildman–Crippen MR) is 159 cm³/mol. The molecule has 2 aliphatic heterocycles. The standard InChI is InChI=1S/C30H40Cl2FN5O3/c1-4-24(36(2)3)19-41-27-17-23(33)18-34-28(27)20-9-13-37(14-10-20)29(39)26(35-30(40)38-11-5-6-12-38)15-21-7-8-22(31)16-25(21)32/h7-8,16-18,20,24,26H,4-6,9-15,19H2,1-3H3,(H,35,40)/t24-,26-/m1/s1. The Kier molecular flexibility index (Phi) is 11.1. The van der Waals surface area contributed by atoms with Gasteiger partial charge in [-0.1, -0.05) is 36.2 Å². The van der Waals surface area contributed by atoms with E-state index in [0.29, 0.717) is 61.4 Å². The predicted octanol–water partition coefficient (Wildman–Crippen LogP) is 5.37. The number of piperidine rings is 1. The number of rotatable bonds is 10. The number of likely N-dealkylation sites (N-methyl/N-ethyl adjacent to an activating group) is 1. The van der Waals surface area contributed by atoms with Crippen molar-refractivity contribution in [1.82, 2.24) is 25.0 Å². The number of hydrogen-bond donors (Lipinski definition) is 1. The summed E-state index contributed by atoms with van der Waals surface area (Å²) < 4.78 is 20.2. The zero-order valence-electron chi connectivity index (χ0n) is 24.0.